The minimum absolute atomic E-state index is 0.370. The number of hydrogen-bond acceptors (Lipinski definition) is 1. The maximum Gasteiger partial charge on any atom is 0.130 e. The Bertz CT molecular complexity index is 361. The van der Waals surface area contributed by atoms with Gasteiger partial charge in [0.1, 0.15) is 5.82 Å². The van der Waals surface area contributed by atoms with Gasteiger partial charge in [0, 0.05) is 10.6 Å². The number of rotatable bonds is 3. The van der Waals surface area contributed by atoms with Crippen molar-refractivity contribution in [2.75, 3.05) is 0 Å². The van der Waals surface area contributed by atoms with E-state index in [1.807, 2.05) is 0 Å². The zero-order valence-corrected chi connectivity index (χ0v) is 9.88. The highest BCUT2D eigenvalue weighted by Crippen LogP contribution is 2.33. The molecule has 1 aromatic carbocycles. The smallest absolute Gasteiger partial charge is 0.130 e. The highest BCUT2D eigenvalue weighted by atomic mass is 35.5. The molecule has 0 radical (unpaired) electrons. The summed E-state index contributed by atoms with van der Waals surface area (Å²) >= 11 is 5.67. The number of hydrogen-bond donors (Lipinski definition) is 1. The van der Waals surface area contributed by atoms with Gasteiger partial charge >= 0.3 is 0 Å². The van der Waals surface area contributed by atoms with Gasteiger partial charge in [-0.3, -0.25) is 0 Å². The lowest BCUT2D eigenvalue weighted by atomic mass is 9.95. The average Bonchev–Trinajstić information content (AvgIpc) is 2.70. The fourth-order valence-electron chi connectivity index (χ4n) is 2.46. The zero-order chi connectivity index (χ0) is 11.5. The van der Waals surface area contributed by atoms with Crippen LogP contribution in [0.4, 0.5) is 4.39 Å². The van der Waals surface area contributed by atoms with E-state index < -0.39 is 11.9 Å². The topological polar surface area (TPSA) is 20.2 Å². The van der Waals surface area contributed by atoms with E-state index in [9.17, 15) is 9.50 Å². The second kappa shape index (κ2) is 5.15. The Hall–Kier alpha value is -0.600. The minimum Gasteiger partial charge on any atom is -0.388 e. The van der Waals surface area contributed by atoms with Crippen LogP contribution >= 0.6 is 11.6 Å². The van der Waals surface area contributed by atoms with Crippen molar-refractivity contribution in [1.82, 2.24) is 0 Å². The fourth-order valence-corrected chi connectivity index (χ4v) is 2.62. The lowest BCUT2D eigenvalue weighted by Crippen LogP contribution is -2.06. The molecule has 1 fully saturated rings. The molecule has 0 saturated heterocycles. The highest BCUT2D eigenvalue weighted by molar-refractivity contribution is 6.30. The number of halogens is 2. The van der Waals surface area contributed by atoms with Crippen molar-refractivity contribution in [2.24, 2.45) is 5.92 Å². The number of aliphatic hydroxyl groups excluding tert-OH is 1. The van der Waals surface area contributed by atoms with Gasteiger partial charge in [0.2, 0.25) is 0 Å². The van der Waals surface area contributed by atoms with Gasteiger partial charge in [-0.05, 0) is 24.5 Å². The molecule has 1 aromatic rings. The van der Waals surface area contributed by atoms with E-state index in [0.717, 1.165) is 12.8 Å². The molecule has 0 aliphatic heterocycles. The van der Waals surface area contributed by atoms with E-state index in [1.54, 1.807) is 12.1 Å². The van der Waals surface area contributed by atoms with Gasteiger partial charge < -0.3 is 5.11 Å². The van der Waals surface area contributed by atoms with E-state index in [4.69, 9.17) is 11.6 Å². The van der Waals surface area contributed by atoms with Crippen LogP contribution < -0.4 is 0 Å². The Labute approximate surface area is 100 Å². The van der Waals surface area contributed by atoms with Crippen LogP contribution in [0.1, 0.15) is 43.8 Å². The second-order valence-corrected chi connectivity index (χ2v) is 5.00. The predicted octanol–water partition coefficient (Wildman–Crippen LogP) is 4.09. The molecule has 1 aliphatic rings. The SMILES string of the molecule is OC(CC1CCCC1)c1ccc(Cl)cc1F. The summed E-state index contributed by atoms with van der Waals surface area (Å²) in [7, 11) is 0. The summed E-state index contributed by atoms with van der Waals surface area (Å²) in [6.45, 7) is 0. The summed E-state index contributed by atoms with van der Waals surface area (Å²) in [4.78, 5) is 0. The Morgan fingerprint density at radius 1 is 1.38 bits per heavy atom. The van der Waals surface area contributed by atoms with Crippen LogP contribution in [0.25, 0.3) is 0 Å². The molecule has 0 spiro atoms. The quantitative estimate of drug-likeness (QED) is 0.846. The summed E-state index contributed by atoms with van der Waals surface area (Å²) < 4.78 is 13.5. The monoisotopic (exact) mass is 242 g/mol. The van der Waals surface area contributed by atoms with Crippen molar-refractivity contribution in [1.29, 1.82) is 0 Å². The Balaban J connectivity index is 2.04. The Morgan fingerprint density at radius 2 is 2.06 bits per heavy atom. The van der Waals surface area contributed by atoms with Crippen molar-refractivity contribution >= 4 is 11.6 Å². The number of benzene rings is 1. The van der Waals surface area contributed by atoms with Gasteiger partial charge in [-0.15, -0.1) is 0 Å². The van der Waals surface area contributed by atoms with E-state index in [1.165, 1.54) is 18.9 Å². The van der Waals surface area contributed by atoms with Crippen molar-refractivity contribution < 1.29 is 9.50 Å². The molecular weight excluding hydrogens is 227 g/mol. The normalized spacial score (nSPS) is 18.9. The summed E-state index contributed by atoms with van der Waals surface area (Å²) in [5, 5.41) is 10.3. The van der Waals surface area contributed by atoms with Crippen LogP contribution in [0, 0.1) is 11.7 Å². The first kappa shape index (κ1) is 11.9. The van der Waals surface area contributed by atoms with E-state index in [0.29, 0.717) is 22.9 Å². The standard InChI is InChI=1S/C13H16ClFO/c14-10-5-6-11(12(15)8-10)13(16)7-9-3-1-2-4-9/h5-6,8-9,13,16H,1-4,7H2. The summed E-state index contributed by atoms with van der Waals surface area (Å²) in [5.41, 5.74) is 0.372. The zero-order valence-electron chi connectivity index (χ0n) is 9.13. The molecule has 1 aliphatic carbocycles. The van der Waals surface area contributed by atoms with Gasteiger partial charge in [-0.1, -0.05) is 43.4 Å². The molecule has 1 saturated carbocycles. The second-order valence-electron chi connectivity index (χ2n) is 4.57. The van der Waals surface area contributed by atoms with Gasteiger partial charge in [0.15, 0.2) is 0 Å². The van der Waals surface area contributed by atoms with Crippen LogP contribution in [0.3, 0.4) is 0 Å². The molecule has 2 rings (SSSR count). The van der Waals surface area contributed by atoms with Crippen LogP contribution in [0.15, 0.2) is 18.2 Å². The Kier molecular flexibility index (Phi) is 3.82. The predicted molar refractivity (Wildman–Crippen MR) is 62.9 cm³/mol. The van der Waals surface area contributed by atoms with Gasteiger partial charge in [0.05, 0.1) is 6.10 Å². The van der Waals surface area contributed by atoms with Crippen molar-refractivity contribution in [2.45, 2.75) is 38.2 Å². The van der Waals surface area contributed by atoms with E-state index in [-0.39, 0.29) is 0 Å². The first-order chi connectivity index (χ1) is 7.66. The molecule has 0 amide bonds. The van der Waals surface area contributed by atoms with Crippen molar-refractivity contribution in [3.8, 4) is 0 Å². The lowest BCUT2D eigenvalue weighted by Gasteiger charge is -2.16. The molecule has 0 aromatic heterocycles. The average molecular weight is 243 g/mol. The summed E-state index contributed by atoms with van der Waals surface area (Å²) in [6, 6.07) is 4.46. The highest BCUT2D eigenvalue weighted by Gasteiger charge is 2.21. The lowest BCUT2D eigenvalue weighted by molar-refractivity contribution is 0.141. The largest absolute Gasteiger partial charge is 0.388 e. The van der Waals surface area contributed by atoms with Crippen LogP contribution in [0.5, 0.6) is 0 Å². The molecule has 1 nitrogen and oxygen atoms in total. The maximum atomic E-state index is 13.5. The van der Waals surface area contributed by atoms with Crippen molar-refractivity contribution in [3.63, 3.8) is 0 Å². The molecule has 1 N–H and O–H groups in total. The molecule has 1 atom stereocenters. The minimum atomic E-state index is -0.694. The molecule has 88 valence electrons. The molecule has 1 unspecified atom stereocenters. The first-order valence-electron chi connectivity index (χ1n) is 5.80. The molecule has 0 heterocycles. The Morgan fingerprint density at radius 3 is 2.69 bits per heavy atom. The van der Waals surface area contributed by atoms with Crippen LogP contribution in [-0.2, 0) is 0 Å². The van der Waals surface area contributed by atoms with Crippen LogP contribution in [-0.4, -0.2) is 5.11 Å². The van der Waals surface area contributed by atoms with Crippen LogP contribution in [0.2, 0.25) is 5.02 Å². The fraction of sp³-hybridized carbons (Fsp3) is 0.538. The molecular formula is C13H16ClFO. The van der Waals surface area contributed by atoms with Gasteiger partial charge in [-0.2, -0.15) is 0 Å². The first-order valence-corrected chi connectivity index (χ1v) is 6.17. The third kappa shape index (κ3) is 2.74. The van der Waals surface area contributed by atoms with E-state index >= 15 is 0 Å². The van der Waals surface area contributed by atoms with E-state index in [2.05, 4.69) is 0 Å². The molecule has 16 heavy (non-hydrogen) atoms. The summed E-state index contributed by atoms with van der Waals surface area (Å²) in [5.74, 6) is 0.142. The van der Waals surface area contributed by atoms with Gasteiger partial charge in [0.25, 0.3) is 0 Å². The molecule has 0 bridgehead atoms. The number of aliphatic hydroxyl groups is 1. The van der Waals surface area contributed by atoms with Gasteiger partial charge in [-0.25, -0.2) is 4.39 Å². The van der Waals surface area contributed by atoms with Crippen molar-refractivity contribution in [3.05, 3.63) is 34.6 Å². The third-order valence-electron chi connectivity index (χ3n) is 3.35. The maximum absolute atomic E-state index is 13.5. The third-order valence-corrected chi connectivity index (χ3v) is 3.59. The molecule has 3 heteroatoms. The summed E-state index contributed by atoms with van der Waals surface area (Å²) in [6.07, 6.45) is 4.76.